The summed E-state index contributed by atoms with van der Waals surface area (Å²) in [5.74, 6) is 1.29. The van der Waals surface area contributed by atoms with Gasteiger partial charge in [-0.1, -0.05) is 18.2 Å². The summed E-state index contributed by atoms with van der Waals surface area (Å²) in [5.41, 5.74) is 1.71. The van der Waals surface area contributed by atoms with E-state index in [-0.39, 0.29) is 12.0 Å². The highest BCUT2D eigenvalue weighted by atomic mass is 16.5. The molecular weight excluding hydrogens is 330 g/mol. The Kier molecular flexibility index (Phi) is 6.12. The number of nitrogens with one attached hydrogen (secondary N) is 1. The number of aryl methyl sites for hydroxylation is 1. The Morgan fingerprint density at radius 3 is 2.69 bits per heavy atom. The van der Waals surface area contributed by atoms with Crippen LogP contribution in [0.1, 0.15) is 25.3 Å². The van der Waals surface area contributed by atoms with Crippen molar-refractivity contribution < 1.29 is 19.0 Å². The van der Waals surface area contributed by atoms with Gasteiger partial charge in [0, 0.05) is 12.3 Å². The number of ether oxygens (including phenoxy) is 3. The van der Waals surface area contributed by atoms with E-state index >= 15 is 0 Å². The van der Waals surface area contributed by atoms with Crippen LogP contribution in [0.4, 0.5) is 5.69 Å². The van der Waals surface area contributed by atoms with E-state index in [1.54, 1.807) is 6.92 Å². The lowest BCUT2D eigenvalue weighted by Gasteiger charge is -2.16. The van der Waals surface area contributed by atoms with E-state index in [9.17, 15) is 4.79 Å². The zero-order valence-corrected chi connectivity index (χ0v) is 15.2. The molecule has 2 atom stereocenters. The first kappa shape index (κ1) is 18.3. The smallest absolute Gasteiger partial charge is 0.265 e. The zero-order chi connectivity index (χ0) is 18.4. The molecule has 1 fully saturated rings. The fourth-order valence-electron chi connectivity index (χ4n) is 2.78. The highest BCUT2D eigenvalue weighted by Gasteiger charge is 2.17. The molecule has 1 aliphatic heterocycles. The van der Waals surface area contributed by atoms with Crippen LogP contribution in [0.5, 0.6) is 11.5 Å². The second-order valence-corrected chi connectivity index (χ2v) is 6.49. The van der Waals surface area contributed by atoms with Gasteiger partial charge in [-0.2, -0.15) is 0 Å². The number of carbonyl (C=O) groups is 1. The quantitative estimate of drug-likeness (QED) is 0.817. The minimum absolute atomic E-state index is 0.189. The van der Waals surface area contributed by atoms with Crippen molar-refractivity contribution in [2.75, 3.05) is 18.5 Å². The lowest BCUT2D eigenvalue weighted by molar-refractivity contribution is -0.122. The molecule has 0 aliphatic carbocycles. The molecule has 2 aromatic rings. The number of anilines is 1. The van der Waals surface area contributed by atoms with Crippen molar-refractivity contribution in [1.82, 2.24) is 0 Å². The van der Waals surface area contributed by atoms with E-state index in [2.05, 4.69) is 5.32 Å². The van der Waals surface area contributed by atoms with E-state index in [0.29, 0.717) is 18.0 Å². The molecular formula is C21H25NO4. The maximum atomic E-state index is 12.3. The third-order valence-electron chi connectivity index (χ3n) is 4.35. The molecule has 0 saturated carbocycles. The summed E-state index contributed by atoms with van der Waals surface area (Å²) >= 11 is 0. The van der Waals surface area contributed by atoms with Crippen LogP contribution < -0.4 is 14.8 Å². The van der Waals surface area contributed by atoms with Crippen molar-refractivity contribution in [3.63, 3.8) is 0 Å². The molecule has 5 nitrogen and oxygen atoms in total. The predicted octanol–water partition coefficient (Wildman–Crippen LogP) is 3.96. The van der Waals surface area contributed by atoms with Crippen molar-refractivity contribution in [2.24, 2.45) is 0 Å². The van der Waals surface area contributed by atoms with Crippen LogP contribution in [0.15, 0.2) is 48.5 Å². The van der Waals surface area contributed by atoms with Crippen LogP contribution in [0.2, 0.25) is 0 Å². The van der Waals surface area contributed by atoms with Gasteiger partial charge in [-0.3, -0.25) is 4.79 Å². The first-order chi connectivity index (χ1) is 12.6. The second-order valence-electron chi connectivity index (χ2n) is 6.49. The number of hydrogen-bond acceptors (Lipinski definition) is 4. The lowest BCUT2D eigenvalue weighted by Crippen LogP contribution is -2.30. The normalized spacial score (nSPS) is 17.5. The maximum Gasteiger partial charge on any atom is 0.265 e. The summed E-state index contributed by atoms with van der Waals surface area (Å²) < 4.78 is 17.0. The Labute approximate surface area is 154 Å². The van der Waals surface area contributed by atoms with Gasteiger partial charge in [0.1, 0.15) is 18.1 Å². The van der Waals surface area contributed by atoms with Gasteiger partial charge in [0.15, 0.2) is 6.10 Å². The molecule has 1 saturated heterocycles. The number of para-hydroxylation sites is 1. The molecule has 5 heteroatoms. The highest BCUT2D eigenvalue weighted by molar-refractivity contribution is 5.94. The van der Waals surface area contributed by atoms with E-state index in [0.717, 1.165) is 30.8 Å². The summed E-state index contributed by atoms with van der Waals surface area (Å²) in [6, 6.07) is 15.0. The molecule has 0 bridgehead atoms. The van der Waals surface area contributed by atoms with Crippen molar-refractivity contribution in [1.29, 1.82) is 0 Å². The molecule has 2 aromatic carbocycles. The Bertz CT molecular complexity index is 723. The number of carbonyl (C=O) groups excluding carboxylic acids is 1. The minimum atomic E-state index is -0.591. The number of hydrogen-bond donors (Lipinski definition) is 1. The fraction of sp³-hybridized carbons (Fsp3) is 0.381. The van der Waals surface area contributed by atoms with Crippen LogP contribution >= 0.6 is 0 Å². The van der Waals surface area contributed by atoms with Crippen molar-refractivity contribution in [3.05, 3.63) is 54.1 Å². The zero-order valence-electron chi connectivity index (χ0n) is 15.2. The number of amides is 1. The Morgan fingerprint density at radius 2 is 2.00 bits per heavy atom. The molecule has 138 valence electrons. The van der Waals surface area contributed by atoms with E-state index in [4.69, 9.17) is 14.2 Å². The van der Waals surface area contributed by atoms with Gasteiger partial charge in [0.25, 0.3) is 5.91 Å². The van der Waals surface area contributed by atoms with Crippen LogP contribution in [-0.2, 0) is 9.53 Å². The molecule has 1 N–H and O–H groups in total. The largest absolute Gasteiger partial charge is 0.491 e. The van der Waals surface area contributed by atoms with Gasteiger partial charge >= 0.3 is 0 Å². The summed E-state index contributed by atoms with van der Waals surface area (Å²) in [4.78, 5) is 12.3. The van der Waals surface area contributed by atoms with Crippen molar-refractivity contribution >= 4 is 11.6 Å². The monoisotopic (exact) mass is 355 g/mol. The van der Waals surface area contributed by atoms with Crippen LogP contribution in [0, 0.1) is 6.92 Å². The van der Waals surface area contributed by atoms with Gasteiger partial charge in [-0.25, -0.2) is 0 Å². The average Bonchev–Trinajstić information content (AvgIpc) is 3.16. The molecule has 1 heterocycles. The molecule has 1 amide bonds. The molecule has 0 spiro atoms. The SMILES string of the molecule is Cc1ccccc1O[C@@H](C)C(=O)Nc1ccc(OC[C@H]2CCCO2)cc1. The van der Waals surface area contributed by atoms with Gasteiger partial charge in [-0.15, -0.1) is 0 Å². The topological polar surface area (TPSA) is 56.8 Å². The number of benzene rings is 2. The summed E-state index contributed by atoms with van der Waals surface area (Å²) in [7, 11) is 0. The summed E-state index contributed by atoms with van der Waals surface area (Å²) in [6.45, 7) is 5.07. The molecule has 0 radical (unpaired) electrons. The Hall–Kier alpha value is -2.53. The average molecular weight is 355 g/mol. The molecule has 0 aromatic heterocycles. The third-order valence-corrected chi connectivity index (χ3v) is 4.35. The summed E-state index contributed by atoms with van der Waals surface area (Å²) in [6.07, 6.45) is 1.75. The third kappa shape index (κ3) is 4.99. The maximum absolute atomic E-state index is 12.3. The first-order valence-corrected chi connectivity index (χ1v) is 8.99. The molecule has 0 unspecified atom stereocenters. The highest BCUT2D eigenvalue weighted by Crippen LogP contribution is 2.20. The van der Waals surface area contributed by atoms with Crippen molar-refractivity contribution in [2.45, 2.75) is 38.9 Å². The van der Waals surface area contributed by atoms with Crippen LogP contribution in [-0.4, -0.2) is 31.3 Å². The van der Waals surface area contributed by atoms with Crippen LogP contribution in [0.3, 0.4) is 0 Å². The second kappa shape index (κ2) is 8.72. The lowest BCUT2D eigenvalue weighted by atomic mass is 10.2. The summed E-state index contributed by atoms with van der Waals surface area (Å²) in [5, 5.41) is 2.86. The van der Waals surface area contributed by atoms with Gasteiger partial charge < -0.3 is 19.5 Å². The Balaban J connectivity index is 1.49. The van der Waals surface area contributed by atoms with E-state index in [1.807, 2.05) is 55.5 Å². The van der Waals surface area contributed by atoms with E-state index < -0.39 is 6.10 Å². The minimum Gasteiger partial charge on any atom is -0.491 e. The van der Waals surface area contributed by atoms with E-state index in [1.165, 1.54) is 0 Å². The predicted molar refractivity (Wildman–Crippen MR) is 101 cm³/mol. The molecule has 26 heavy (non-hydrogen) atoms. The van der Waals surface area contributed by atoms with Gasteiger partial charge in [0.05, 0.1) is 6.10 Å². The van der Waals surface area contributed by atoms with Gasteiger partial charge in [0.2, 0.25) is 0 Å². The van der Waals surface area contributed by atoms with Crippen LogP contribution in [0.25, 0.3) is 0 Å². The molecule has 1 aliphatic rings. The standard InChI is InChI=1S/C21H25NO4/c1-15-6-3-4-8-20(15)26-16(2)21(23)22-17-9-11-18(12-10-17)25-14-19-7-5-13-24-19/h3-4,6,8-12,16,19H,5,7,13-14H2,1-2H3,(H,22,23)/t16-,19+/m0/s1. The first-order valence-electron chi connectivity index (χ1n) is 8.99. The number of rotatable bonds is 7. The Morgan fingerprint density at radius 1 is 1.23 bits per heavy atom. The molecule has 3 rings (SSSR count). The fourth-order valence-corrected chi connectivity index (χ4v) is 2.78. The van der Waals surface area contributed by atoms with Crippen molar-refractivity contribution in [3.8, 4) is 11.5 Å². The van der Waals surface area contributed by atoms with Gasteiger partial charge in [-0.05, 0) is 62.6 Å².